The molecule has 12 nitrogen and oxygen atoms in total. The topological polar surface area (TPSA) is 186 Å². The minimum Gasteiger partial charge on any atom is -0.462 e. The summed E-state index contributed by atoms with van der Waals surface area (Å²) in [6.45, 7) is 3.58. The molecule has 266 valence electrons. The molecule has 6 atom stereocenters. The summed E-state index contributed by atoms with van der Waals surface area (Å²) >= 11 is 0. The molecule has 1 heterocycles. The first-order valence-corrected chi connectivity index (χ1v) is 18.7. The fraction of sp³-hybridized carbons (Fsp3) is 0.938. The van der Waals surface area contributed by atoms with E-state index in [4.69, 9.17) is 23.5 Å². The van der Waals surface area contributed by atoms with Crippen molar-refractivity contribution >= 4 is 22.1 Å². The average Bonchev–Trinajstić information content (AvgIpc) is 2.99. The lowest BCUT2D eigenvalue weighted by molar-refractivity contribution is -0.297. The van der Waals surface area contributed by atoms with Crippen LogP contribution in [0, 0.1) is 0 Å². The quantitative estimate of drug-likeness (QED) is 0.0542. The molecule has 0 aromatic rings. The van der Waals surface area contributed by atoms with Gasteiger partial charge in [0.25, 0.3) is 10.1 Å². The van der Waals surface area contributed by atoms with Gasteiger partial charge < -0.3 is 34.3 Å². The predicted molar refractivity (Wildman–Crippen MR) is 169 cm³/mol. The Balaban J connectivity index is 2.51. The van der Waals surface area contributed by atoms with E-state index in [-0.39, 0.29) is 19.4 Å². The third kappa shape index (κ3) is 20.5. The second-order valence-electron chi connectivity index (χ2n) is 12.2. The lowest BCUT2D eigenvalue weighted by atomic mass is 10.00. The van der Waals surface area contributed by atoms with Gasteiger partial charge in [0.2, 0.25) is 0 Å². The van der Waals surface area contributed by atoms with E-state index in [1.165, 1.54) is 57.8 Å². The van der Waals surface area contributed by atoms with E-state index in [1.807, 2.05) is 0 Å². The Labute approximate surface area is 270 Å². The smallest absolute Gasteiger partial charge is 0.306 e. The van der Waals surface area contributed by atoms with Crippen molar-refractivity contribution in [2.24, 2.45) is 0 Å². The zero-order chi connectivity index (χ0) is 33.5. The van der Waals surface area contributed by atoms with Crippen LogP contribution in [-0.4, -0.2) is 96.0 Å². The Morgan fingerprint density at radius 3 is 1.64 bits per heavy atom. The first kappa shape index (κ1) is 41.7. The number of unbranched alkanes of at least 4 members (excludes halogenated alkanes) is 15. The van der Waals surface area contributed by atoms with E-state index in [9.17, 15) is 33.3 Å². The molecule has 4 N–H and O–H groups in total. The summed E-state index contributed by atoms with van der Waals surface area (Å²) < 4.78 is 53.3. The van der Waals surface area contributed by atoms with Crippen molar-refractivity contribution in [2.45, 2.75) is 173 Å². The van der Waals surface area contributed by atoms with E-state index < -0.39 is 71.2 Å². The third-order valence-electron chi connectivity index (χ3n) is 7.94. The van der Waals surface area contributed by atoms with E-state index in [2.05, 4.69) is 13.8 Å². The highest BCUT2D eigenvalue weighted by Crippen LogP contribution is 2.24. The van der Waals surface area contributed by atoms with Crippen molar-refractivity contribution in [3.8, 4) is 0 Å². The number of carbonyl (C=O) groups is 2. The van der Waals surface area contributed by atoms with Crippen LogP contribution in [0.25, 0.3) is 0 Å². The molecule has 0 radical (unpaired) electrons. The van der Waals surface area contributed by atoms with Crippen molar-refractivity contribution < 1.29 is 56.8 Å². The SMILES string of the molecule is CCCCCCCCCCCCCCCC(=O)O[C@H](COC(=O)CCCCCC)CO[C@@H]1O[C@H](CS(=O)(=O)O)[C@@H](O)[C@H](O)[C@H]1O. The van der Waals surface area contributed by atoms with Gasteiger partial charge in [-0.3, -0.25) is 14.1 Å². The number of hydrogen-bond acceptors (Lipinski definition) is 11. The van der Waals surface area contributed by atoms with Crippen LogP contribution in [0.5, 0.6) is 0 Å². The molecular formula is C32H60O12S. The molecule has 0 amide bonds. The molecule has 13 heteroatoms. The molecule has 1 fully saturated rings. The normalized spacial score (nSPS) is 22.7. The second-order valence-corrected chi connectivity index (χ2v) is 13.7. The van der Waals surface area contributed by atoms with Gasteiger partial charge in [-0.1, -0.05) is 110 Å². The van der Waals surface area contributed by atoms with E-state index >= 15 is 0 Å². The molecular weight excluding hydrogens is 608 g/mol. The van der Waals surface area contributed by atoms with Gasteiger partial charge in [0, 0.05) is 12.8 Å². The summed E-state index contributed by atoms with van der Waals surface area (Å²) in [5, 5.41) is 30.5. The Kier molecular flexibility index (Phi) is 22.9. The van der Waals surface area contributed by atoms with Gasteiger partial charge in [0.15, 0.2) is 12.4 Å². The Morgan fingerprint density at radius 2 is 1.13 bits per heavy atom. The van der Waals surface area contributed by atoms with Crippen molar-refractivity contribution in [1.29, 1.82) is 0 Å². The summed E-state index contributed by atoms with van der Waals surface area (Å²) in [5.41, 5.74) is 0. The largest absolute Gasteiger partial charge is 0.462 e. The Bertz CT molecular complexity index is 883. The number of esters is 2. The molecule has 1 aliphatic rings. The minimum atomic E-state index is -4.58. The highest BCUT2D eigenvalue weighted by Gasteiger charge is 2.46. The van der Waals surface area contributed by atoms with Crippen LogP contribution in [0.2, 0.25) is 0 Å². The lowest BCUT2D eigenvalue weighted by Crippen LogP contribution is -2.60. The standard InChI is InChI=1S/C32H60O12S/c1-3-5-7-9-10-11-12-13-14-15-16-17-19-21-28(34)43-25(22-41-27(33)20-18-8-6-4-2)23-42-32-31(37)30(36)29(35)26(44-32)24-45(38,39)40/h25-26,29-32,35-37H,3-24H2,1-2H3,(H,38,39,40)/t25-,26-,29-,30+,31-,32-/m1/s1. The van der Waals surface area contributed by atoms with Crippen LogP contribution < -0.4 is 0 Å². The van der Waals surface area contributed by atoms with Gasteiger partial charge in [-0.15, -0.1) is 0 Å². The minimum absolute atomic E-state index is 0.170. The number of aliphatic hydroxyl groups excluding tert-OH is 3. The molecule has 1 aliphatic heterocycles. The number of rotatable bonds is 27. The van der Waals surface area contributed by atoms with Gasteiger partial charge >= 0.3 is 11.9 Å². The molecule has 0 bridgehead atoms. The van der Waals surface area contributed by atoms with Gasteiger partial charge in [-0.25, -0.2) is 0 Å². The van der Waals surface area contributed by atoms with Crippen LogP contribution >= 0.6 is 0 Å². The molecule has 0 unspecified atom stereocenters. The molecule has 45 heavy (non-hydrogen) atoms. The molecule has 0 aromatic carbocycles. The molecule has 0 aliphatic carbocycles. The molecule has 0 aromatic heterocycles. The second kappa shape index (κ2) is 24.8. The number of ether oxygens (including phenoxy) is 4. The average molecular weight is 669 g/mol. The molecule has 0 spiro atoms. The van der Waals surface area contributed by atoms with Crippen LogP contribution in [0.1, 0.15) is 136 Å². The van der Waals surface area contributed by atoms with Crippen molar-refractivity contribution in [3.63, 3.8) is 0 Å². The number of carbonyl (C=O) groups excluding carboxylic acids is 2. The maximum atomic E-state index is 12.6. The highest BCUT2D eigenvalue weighted by molar-refractivity contribution is 7.85. The zero-order valence-corrected chi connectivity index (χ0v) is 28.3. The van der Waals surface area contributed by atoms with Crippen molar-refractivity contribution in [2.75, 3.05) is 19.0 Å². The molecule has 1 rings (SSSR count). The first-order valence-electron chi connectivity index (χ1n) is 17.1. The van der Waals surface area contributed by atoms with Gasteiger partial charge in [-0.05, 0) is 12.8 Å². The van der Waals surface area contributed by atoms with Gasteiger partial charge in [-0.2, -0.15) is 8.42 Å². The number of aliphatic hydroxyl groups is 3. The summed E-state index contributed by atoms with van der Waals surface area (Å²) in [7, 11) is -4.58. The van der Waals surface area contributed by atoms with Crippen LogP contribution in [0.15, 0.2) is 0 Å². The van der Waals surface area contributed by atoms with Crippen molar-refractivity contribution in [1.82, 2.24) is 0 Å². The zero-order valence-electron chi connectivity index (χ0n) is 27.5. The Hall–Kier alpha value is -1.35. The third-order valence-corrected chi connectivity index (χ3v) is 8.69. The molecule has 1 saturated heterocycles. The maximum absolute atomic E-state index is 12.6. The number of hydrogen-bond donors (Lipinski definition) is 4. The molecule has 0 saturated carbocycles. The van der Waals surface area contributed by atoms with Gasteiger partial charge in [0.05, 0.1) is 6.61 Å². The van der Waals surface area contributed by atoms with Gasteiger partial charge in [0.1, 0.15) is 36.8 Å². The first-order chi connectivity index (χ1) is 21.5. The predicted octanol–water partition coefficient (Wildman–Crippen LogP) is 4.61. The monoisotopic (exact) mass is 668 g/mol. The van der Waals surface area contributed by atoms with Crippen molar-refractivity contribution in [3.05, 3.63) is 0 Å². The summed E-state index contributed by atoms with van der Waals surface area (Å²) in [6.07, 6.45) is 9.60. The summed E-state index contributed by atoms with van der Waals surface area (Å²) in [4.78, 5) is 24.8. The van der Waals surface area contributed by atoms with Crippen LogP contribution in [-0.2, 0) is 38.7 Å². The fourth-order valence-electron chi connectivity index (χ4n) is 5.20. The van der Waals surface area contributed by atoms with E-state index in [0.29, 0.717) is 12.8 Å². The maximum Gasteiger partial charge on any atom is 0.306 e. The van der Waals surface area contributed by atoms with Crippen LogP contribution in [0.3, 0.4) is 0 Å². The summed E-state index contributed by atoms with van der Waals surface area (Å²) in [5.74, 6) is -2.00. The Morgan fingerprint density at radius 1 is 0.667 bits per heavy atom. The lowest BCUT2D eigenvalue weighted by Gasteiger charge is -2.40. The van der Waals surface area contributed by atoms with E-state index in [0.717, 1.165) is 38.5 Å². The van der Waals surface area contributed by atoms with Crippen LogP contribution in [0.4, 0.5) is 0 Å². The highest BCUT2D eigenvalue weighted by atomic mass is 32.2. The van der Waals surface area contributed by atoms with E-state index in [1.54, 1.807) is 0 Å². The fourth-order valence-corrected chi connectivity index (χ4v) is 5.89. The summed E-state index contributed by atoms with van der Waals surface area (Å²) in [6, 6.07) is 0.